The number of aliphatic hydroxyl groups is 3. The minimum atomic E-state index is -3.52. The first kappa shape index (κ1) is 18.4. The molecule has 1 saturated heterocycles. The van der Waals surface area contributed by atoms with E-state index >= 15 is 0 Å². The molecule has 1 fully saturated rings. The van der Waals surface area contributed by atoms with Crippen molar-refractivity contribution in [3.8, 4) is 11.6 Å². The molecule has 0 spiro atoms. The first-order valence-corrected chi connectivity index (χ1v) is 11.6. The molecule has 0 amide bonds. The third kappa shape index (κ3) is 7.13. The fourth-order valence-electron chi connectivity index (χ4n) is 3.53. The number of carbonyl (C=O) groups excluding carboxylic acids is 1. The van der Waals surface area contributed by atoms with Crippen LogP contribution >= 0.6 is 0 Å². The molecule has 1 aromatic heterocycles. The Balaban J connectivity index is 2.16. The Labute approximate surface area is 229 Å². The molecule has 0 aliphatic carbocycles. The van der Waals surface area contributed by atoms with E-state index in [0.29, 0.717) is 10.4 Å². The maximum Gasteiger partial charge on any atom is 0.508 e. The lowest BCUT2D eigenvalue weighted by molar-refractivity contribution is -0.278. The molecule has 11 heteroatoms. The van der Waals surface area contributed by atoms with E-state index in [9.17, 15) is 20.1 Å². The quantitative estimate of drug-likeness (QED) is 0.392. The number of ether oxygens (including phenoxy) is 5. The third-order valence-corrected chi connectivity index (χ3v) is 5.32. The Morgan fingerprint density at radius 3 is 2.51 bits per heavy atom. The number of aromatic nitrogens is 2. The predicted molar refractivity (Wildman–Crippen MR) is 133 cm³/mol. The van der Waals surface area contributed by atoms with Crippen molar-refractivity contribution in [1.29, 1.82) is 0 Å². The second-order valence-electron chi connectivity index (χ2n) is 8.47. The standard InChI is InChI=1S/C26H38N2O9/c1-7-33-26(32)34-13-20-21(29)22(30)23(31)25(36-20)37-24-19(16(6)28(27-24)14(2)3)12-17-8-10-18(11-9-17)35-15(4)5/h8-11,14-15,20-23,25,29-31H,7,12-13H2,1-6H3/t20-,21-,22+,23-,25+/m1/s1/i2D3,3D3,12D2,14D. The van der Waals surface area contributed by atoms with Gasteiger partial charge in [0.05, 0.1) is 14.1 Å². The van der Waals surface area contributed by atoms with Crippen LogP contribution < -0.4 is 9.47 Å². The second kappa shape index (κ2) is 12.6. The van der Waals surface area contributed by atoms with Crippen LogP contribution in [0.1, 0.15) is 69.7 Å². The molecule has 1 aliphatic heterocycles. The van der Waals surface area contributed by atoms with Gasteiger partial charge in [-0.05, 0) is 59.1 Å². The van der Waals surface area contributed by atoms with Gasteiger partial charge in [0.15, 0.2) is 0 Å². The number of hydrogen-bond acceptors (Lipinski definition) is 10. The van der Waals surface area contributed by atoms with Crippen molar-refractivity contribution in [3.05, 3.63) is 41.1 Å². The largest absolute Gasteiger partial charge is 0.508 e. The van der Waals surface area contributed by atoms with E-state index < -0.39 is 86.7 Å². The van der Waals surface area contributed by atoms with Crippen LogP contribution in [-0.4, -0.2) is 81.3 Å². The van der Waals surface area contributed by atoms with Crippen molar-refractivity contribution in [2.45, 2.75) is 90.6 Å². The highest BCUT2D eigenvalue weighted by molar-refractivity contribution is 5.59. The molecule has 11 nitrogen and oxygen atoms in total. The molecular weight excluding hydrogens is 484 g/mol. The summed E-state index contributed by atoms with van der Waals surface area (Å²) in [5, 5.41) is 35.6. The van der Waals surface area contributed by atoms with Gasteiger partial charge in [0, 0.05) is 34.6 Å². The average molecular weight is 532 g/mol. The zero-order valence-electron chi connectivity index (χ0n) is 29.9. The summed E-state index contributed by atoms with van der Waals surface area (Å²) in [6, 6.07) is 2.26. The normalized spacial score (nSPS) is 28.8. The zero-order chi connectivity index (χ0) is 35.0. The fraction of sp³-hybridized carbons (Fsp3) is 0.615. The second-order valence-corrected chi connectivity index (χ2v) is 8.47. The highest BCUT2D eigenvalue weighted by Gasteiger charge is 2.46. The summed E-state index contributed by atoms with van der Waals surface area (Å²) in [6.07, 6.45) is -13.1. The molecule has 1 aromatic carbocycles. The summed E-state index contributed by atoms with van der Waals surface area (Å²) >= 11 is 0. The summed E-state index contributed by atoms with van der Waals surface area (Å²) in [4.78, 5) is 11.7. The lowest BCUT2D eigenvalue weighted by Gasteiger charge is -2.39. The average Bonchev–Trinajstić information content (AvgIpc) is 3.27. The summed E-state index contributed by atoms with van der Waals surface area (Å²) in [6.45, 7) is -1.49. The summed E-state index contributed by atoms with van der Waals surface area (Å²) in [5.74, 6) is -0.372. The smallest absolute Gasteiger partial charge is 0.491 e. The molecule has 37 heavy (non-hydrogen) atoms. The number of rotatable bonds is 10. The van der Waals surface area contributed by atoms with Crippen LogP contribution in [-0.2, 0) is 20.6 Å². The number of aliphatic hydroxyl groups excluding tert-OH is 3. The van der Waals surface area contributed by atoms with E-state index in [-0.39, 0.29) is 18.3 Å². The maximum atomic E-state index is 11.7. The van der Waals surface area contributed by atoms with E-state index in [1.807, 2.05) is 0 Å². The van der Waals surface area contributed by atoms with Gasteiger partial charge in [-0.1, -0.05) is 12.1 Å². The molecule has 3 rings (SSSR count). The highest BCUT2D eigenvalue weighted by Crippen LogP contribution is 2.31. The molecule has 0 bridgehead atoms. The van der Waals surface area contributed by atoms with E-state index in [1.165, 1.54) is 31.2 Å². The molecule has 0 unspecified atom stereocenters. The van der Waals surface area contributed by atoms with Crippen LogP contribution in [0.15, 0.2) is 24.3 Å². The Bertz CT molecular complexity index is 1340. The summed E-state index contributed by atoms with van der Waals surface area (Å²) in [5.41, 5.74) is -0.973. The Hall–Kier alpha value is -2.86. The van der Waals surface area contributed by atoms with Gasteiger partial charge in [-0.2, -0.15) is 0 Å². The van der Waals surface area contributed by atoms with Crippen LogP contribution in [0.2, 0.25) is 0 Å². The van der Waals surface area contributed by atoms with Crippen molar-refractivity contribution >= 4 is 6.16 Å². The topological polar surface area (TPSA) is 142 Å². The van der Waals surface area contributed by atoms with Gasteiger partial charge in [-0.15, -0.1) is 5.10 Å². The number of carbonyl (C=O) groups is 1. The van der Waals surface area contributed by atoms with E-state index in [0.717, 1.165) is 6.92 Å². The number of hydrogen-bond donors (Lipinski definition) is 3. The molecule has 2 aromatic rings. The van der Waals surface area contributed by atoms with Gasteiger partial charge in [-0.25, -0.2) is 4.79 Å². The molecule has 0 saturated carbocycles. The Morgan fingerprint density at radius 1 is 1.19 bits per heavy atom. The van der Waals surface area contributed by atoms with Crippen LogP contribution in [0.5, 0.6) is 11.6 Å². The minimum Gasteiger partial charge on any atom is -0.491 e. The van der Waals surface area contributed by atoms with Gasteiger partial charge in [0.1, 0.15) is 36.8 Å². The first-order chi connectivity index (χ1) is 21.1. The van der Waals surface area contributed by atoms with Crippen molar-refractivity contribution in [1.82, 2.24) is 9.78 Å². The summed E-state index contributed by atoms with van der Waals surface area (Å²) in [7, 11) is 0. The van der Waals surface area contributed by atoms with Crippen molar-refractivity contribution in [2.75, 3.05) is 13.2 Å². The van der Waals surface area contributed by atoms with E-state index in [4.69, 9.17) is 31.3 Å². The lowest BCUT2D eigenvalue weighted by atomic mass is 9.99. The predicted octanol–water partition coefficient (Wildman–Crippen LogP) is 2.51. The van der Waals surface area contributed by atoms with E-state index in [2.05, 4.69) is 9.84 Å². The van der Waals surface area contributed by atoms with Gasteiger partial charge in [0.25, 0.3) is 0 Å². The Kier molecular flexibility index (Phi) is 6.26. The third-order valence-electron chi connectivity index (χ3n) is 5.32. The molecule has 206 valence electrons. The molecular formula is C26H38N2O9. The van der Waals surface area contributed by atoms with E-state index in [1.54, 1.807) is 13.8 Å². The molecule has 5 atom stereocenters. The van der Waals surface area contributed by atoms with Crippen LogP contribution in [0.3, 0.4) is 0 Å². The monoisotopic (exact) mass is 531 g/mol. The summed E-state index contributed by atoms with van der Waals surface area (Å²) < 4.78 is 101. The van der Waals surface area contributed by atoms with Crippen LogP contribution in [0.25, 0.3) is 0 Å². The Morgan fingerprint density at radius 2 is 1.89 bits per heavy atom. The molecule has 1 aliphatic rings. The van der Waals surface area contributed by atoms with Crippen molar-refractivity contribution in [2.24, 2.45) is 0 Å². The van der Waals surface area contributed by atoms with Gasteiger partial charge in [-0.3, -0.25) is 4.68 Å². The van der Waals surface area contributed by atoms with Gasteiger partial charge < -0.3 is 39.0 Å². The number of nitrogens with zero attached hydrogens (tertiary/aromatic N) is 2. The van der Waals surface area contributed by atoms with Gasteiger partial charge >= 0.3 is 6.16 Å². The fourth-order valence-corrected chi connectivity index (χ4v) is 3.53. The molecule has 3 N–H and O–H groups in total. The maximum absolute atomic E-state index is 11.7. The molecule has 2 heterocycles. The van der Waals surface area contributed by atoms with Crippen molar-refractivity contribution < 1.29 is 56.1 Å². The first-order valence-electron chi connectivity index (χ1n) is 16.1. The molecule has 0 radical (unpaired) electrons. The highest BCUT2D eigenvalue weighted by atomic mass is 16.7. The zero-order valence-corrected chi connectivity index (χ0v) is 20.9. The lowest BCUT2D eigenvalue weighted by Crippen LogP contribution is -2.60. The van der Waals surface area contributed by atoms with Gasteiger partial charge in [0.2, 0.25) is 12.2 Å². The minimum absolute atomic E-state index is 0.0236. The van der Waals surface area contributed by atoms with Crippen LogP contribution in [0.4, 0.5) is 4.79 Å². The number of benzene rings is 1. The SMILES string of the molecule is [2H]C([2H])(c1ccc(OC(C)C)cc1)c1c(O[C@@H]2O[C@H](COC(=O)OCC)[C@@H](O)[C@H](O)[C@H]2O)nn(C([2H])(C([2H])([2H])[2H])C([2H])([2H])[2H])c1C. The van der Waals surface area contributed by atoms with Crippen LogP contribution in [0, 0.1) is 6.92 Å². The van der Waals surface area contributed by atoms with Crippen molar-refractivity contribution in [3.63, 3.8) is 0 Å².